The summed E-state index contributed by atoms with van der Waals surface area (Å²) in [7, 11) is 0. The largest absolute Gasteiger partial charge is 0.494 e. The van der Waals surface area contributed by atoms with E-state index >= 15 is 0 Å². The first-order valence-electron chi connectivity index (χ1n) is 7.38. The van der Waals surface area contributed by atoms with Crippen molar-refractivity contribution in [2.45, 2.75) is 26.3 Å². The van der Waals surface area contributed by atoms with Gasteiger partial charge in [0.25, 0.3) is 0 Å². The standard InChI is InChI=1S/C18H22ClNO/c1-3-20-18(15-10-9-14(2)17(19)13-15)11-12-21-16-7-5-4-6-8-16/h4-10,13,18,20H,3,11-12H2,1-2H3. The first kappa shape index (κ1) is 15.9. The van der Waals surface area contributed by atoms with Crippen LogP contribution in [0.3, 0.4) is 0 Å². The van der Waals surface area contributed by atoms with Crippen LogP contribution in [-0.2, 0) is 0 Å². The number of aryl methyl sites for hydroxylation is 1. The van der Waals surface area contributed by atoms with E-state index in [0.717, 1.165) is 29.3 Å². The average Bonchev–Trinajstić information content (AvgIpc) is 2.50. The Morgan fingerprint density at radius 1 is 1.14 bits per heavy atom. The summed E-state index contributed by atoms with van der Waals surface area (Å²) in [5.74, 6) is 0.912. The topological polar surface area (TPSA) is 21.3 Å². The smallest absolute Gasteiger partial charge is 0.119 e. The Morgan fingerprint density at radius 3 is 2.57 bits per heavy atom. The van der Waals surface area contributed by atoms with E-state index in [4.69, 9.17) is 16.3 Å². The number of hydrogen-bond acceptors (Lipinski definition) is 2. The highest BCUT2D eigenvalue weighted by Crippen LogP contribution is 2.23. The van der Waals surface area contributed by atoms with Gasteiger partial charge < -0.3 is 10.1 Å². The van der Waals surface area contributed by atoms with Crippen molar-refractivity contribution < 1.29 is 4.74 Å². The van der Waals surface area contributed by atoms with E-state index in [-0.39, 0.29) is 6.04 Å². The van der Waals surface area contributed by atoms with Crippen LogP contribution in [0.5, 0.6) is 5.75 Å². The number of benzene rings is 2. The van der Waals surface area contributed by atoms with Gasteiger partial charge in [0.2, 0.25) is 0 Å². The van der Waals surface area contributed by atoms with Crippen LogP contribution in [0.25, 0.3) is 0 Å². The third kappa shape index (κ3) is 4.76. The Kier molecular flexibility index (Phi) is 6.09. The second kappa shape index (κ2) is 8.06. The summed E-state index contributed by atoms with van der Waals surface area (Å²) in [6, 6.07) is 16.4. The van der Waals surface area contributed by atoms with Gasteiger partial charge in [0, 0.05) is 17.5 Å². The van der Waals surface area contributed by atoms with Crippen molar-refractivity contribution >= 4 is 11.6 Å². The van der Waals surface area contributed by atoms with Crippen LogP contribution in [-0.4, -0.2) is 13.2 Å². The molecule has 0 saturated heterocycles. The fourth-order valence-corrected chi connectivity index (χ4v) is 2.46. The Labute approximate surface area is 132 Å². The summed E-state index contributed by atoms with van der Waals surface area (Å²) < 4.78 is 5.79. The van der Waals surface area contributed by atoms with Crippen LogP contribution in [0.2, 0.25) is 5.02 Å². The van der Waals surface area contributed by atoms with Gasteiger partial charge >= 0.3 is 0 Å². The van der Waals surface area contributed by atoms with Gasteiger partial charge in [-0.1, -0.05) is 48.9 Å². The average molecular weight is 304 g/mol. The van der Waals surface area contributed by atoms with Crippen LogP contribution < -0.4 is 10.1 Å². The molecule has 2 rings (SSSR count). The molecule has 0 amide bonds. The molecule has 1 atom stereocenters. The molecule has 0 fully saturated rings. The molecular weight excluding hydrogens is 282 g/mol. The molecule has 0 saturated carbocycles. The van der Waals surface area contributed by atoms with Gasteiger partial charge in [0.05, 0.1) is 6.61 Å². The van der Waals surface area contributed by atoms with Crippen molar-refractivity contribution in [2.24, 2.45) is 0 Å². The number of rotatable bonds is 7. The maximum atomic E-state index is 6.23. The highest BCUT2D eigenvalue weighted by Gasteiger charge is 2.11. The van der Waals surface area contributed by atoms with E-state index in [0.29, 0.717) is 6.61 Å². The molecule has 1 unspecified atom stereocenters. The molecule has 0 aliphatic rings. The number of ether oxygens (including phenoxy) is 1. The van der Waals surface area contributed by atoms with E-state index in [1.165, 1.54) is 5.56 Å². The summed E-state index contributed by atoms with van der Waals surface area (Å²) in [5.41, 5.74) is 2.32. The molecule has 21 heavy (non-hydrogen) atoms. The molecule has 0 bridgehead atoms. The summed E-state index contributed by atoms with van der Waals surface area (Å²) in [4.78, 5) is 0. The first-order valence-corrected chi connectivity index (χ1v) is 7.75. The number of nitrogens with one attached hydrogen (secondary N) is 1. The zero-order chi connectivity index (χ0) is 15.1. The predicted molar refractivity (Wildman–Crippen MR) is 89.2 cm³/mol. The van der Waals surface area contributed by atoms with E-state index in [2.05, 4.69) is 24.4 Å². The second-order valence-corrected chi connectivity index (χ2v) is 5.48. The van der Waals surface area contributed by atoms with E-state index < -0.39 is 0 Å². The third-order valence-electron chi connectivity index (χ3n) is 3.47. The molecule has 1 N–H and O–H groups in total. The van der Waals surface area contributed by atoms with Gasteiger partial charge in [-0.05, 0) is 42.8 Å². The monoisotopic (exact) mass is 303 g/mol. The first-order chi connectivity index (χ1) is 10.2. The molecule has 2 aromatic carbocycles. The van der Waals surface area contributed by atoms with Crippen molar-refractivity contribution in [1.29, 1.82) is 0 Å². The molecule has 112 valence electrons. The summed E-state index contributed by atoms with van der Waals surface area (Å²) in [6.45, 7) is 5.72. The summed E-state index contributed by atoms with van der Waals surface area (Å²) >= 11 is 6.23. The quantitative estimate of drug-likeness (QED) is 0.795. The maximum Gasteiger partial charge on any atom is 0.119 e. The Bertz CT molecular complexity index is 556. The Morgan fingerprint density at radius 2 is 1.90 bits per heavy atom. The van der Waals surface area contributed by atoms with Gasteiger partial charge in [-0.3, -0.25) is 0 Å². The highest BCUT2D eigenvalue weighted by molar-refractivity contribution is 6.31. The Balaban J connectivity index is 1.97. The van der Waals surface area contributed by atoms with Gasteiger partial charge in [0.15, 0.2) is 0 Å². The Hall–Kier alpha value is -1.51. The lowest BCUT2D eigenvalue weighted by molar-refractivity contribution is 0.287. The fraction of sp³-hybridized carbons (Fsp3) is 0.333. The summed E-state index contributed by atoms with van der Waals surface area (Å²) in [6.07, 6.45) is 0.905. The van der Waals surface area contributed by atoms with Gasteiger partial charge in [-0.15, -0.1) is 0 Å². The lowest BCUT2D eigenvalue weighted by Crippen LogP contribution is -2.23. The van der Waals surface area contributed by atoms with Crippen LogP contribution in [0, 0.1) is 6.92 Å². The maximum absolute atomic E-state index is 6.23. The number of halogens is 1. The SMILES string of the molecule is CCNC(CCOc1ccccc1)c1ccc(C)c(Cl)c1. The van der Waals surface area contributed by atoms with Crippen LogP contribution in [0.4, 0.5) is 0 Å². The predicted octanol–water partition coefficient (Wildman–Crippen LogP) is 4.77. The third-order valence-corrected chi connectivity index (χ3v) is 3.87. The van der Waals surface area contributed by atoms with E-state index in [1.54, 1.807) is 0 Å². The minimum atomic E-state index is 0.261. The highest BCUT2D eigenvalue weighted by atomic mass is 35.5. The number of para-hydroxylation sites is 1. The molecule has 0 spiro atoms. The fourth-order valence-electron chi connectivity index (χ4n) is 2.27. The van der Waals surface area contributed by atoms with Crippen LogP contribution in [0.1, 0.15) is 30.5 Å². The summed E-state index contributed by atoms with van der Waals surface area (Å²) in [5, 5.41) is 4.31. The van der Waals surface area contributed by atoms with Gasteiger partial charge in [0.1, 0.15) is 5.75 Å². The molecule has 0 aromatic heterocycles. The van der Waals surface area contributed by atoms with E-state index in [1.807, 2.05) is 43.3 Å². The van der Waals surface area contributed by atoms with Crippen molar-refractivity contribution in [3.05, 3.63) is 64.7 Å². The van der Waals surface area contributed by atoms with Gasteiger partial charge in [-0.2, -0.15) is 0 Å². The molecule has 3 heteroatoms. The minimum absolute atomic E-state index is 0.261. The molecular formula is C18H22ClNO. The van der Waals surface area contributed by atoms with E-state index in [9.17, 15) is 0 Å². The van der Waals surface area contributed by atoms with Gasteiger partial charge in [-0.25, -0.2) is 0 Å². The van der Waals surface area contributed by atoms with Crippen molar-refractivity contribution in [1.82, 2.24) is 5.32 Å². The van der Waals surface area contributed by atoms with Crippen molar-refractivity contribution in [3.63, 3.8) is 0 Å². The second-order valence-electron chi connectivity index (χ2n) is 5.07. The zero-order valence-electron chi connectivity index (χ0n) is 12.6. The molecule has 2 aromatic rings. The molecule has 2 nitrogen and oxygen atoms in total. The molecule has 0 radical (unpaired) electrons. The number of hydrogen-bond donors (Lipinski definition) is 1. The van der Waals surface area contributed by atoms with Crippen LogP contribution >= 0.6 is 11.6 Å². The van der Waals surface area contributed by atoms with Crippen LogP contribution in [0.15, 0.2) is 48.5 Å². The lowest BCUT2D eigenvalue weighted by Gasteiger charge is -2.19. The zero-order valence-corrected chi connectivity index (χ0v) is 13.4. The lowest BCUT2D eigenvalue weighted by atomic mass is 10.0. The van der Waals surface area contributed by atoms with Crippen molar-refractivity contribution in [3.8, 4) is 5.75 Å². The van der Waals surface area contributed by atoms with Crippen molar-refractivity contribution in [2.75, 3.05) is 13.2 Å². The normalized spacial score (nSPS) is 12.1. The molecule has 0 aliphatic heterocycles. The minimum Gasteiger partial charge on any atom is -0.494 e. The molecule has 0 heterocycles. The molecule has 0 aliphatic carbocycles.